The minimum Gasteiger partial charge on any atom is -0.374 e. The Hall–Kier alpha value is -0.120. The average molecular weight is 317 g/mol. The molecule has 0 aromatic carbocycles. The van der Waals surface area contributed by atoms with Gasteiger partial charge >= 0.3 is 0 Å². The Kier molecular flexibility index (Phi) is 17.3. The summed E-state index contributed by atoms with van der Waals surface area (Å²) in [6.07, 6.45) is 3.11. The van der Waals surface area contributed by atoms with Gasteiger partial charge in [-0.3, -0.25) is 0 Å². The molecular weight excluding hydrogens is 272 g/mol. The molecule has 22 heavy (non-hydrogen) atoms. The van der Waals surface area contributed by atoms with Crippen LogP contribution in [0.5, 0.6) is 0 Å². The Morgan fingerprint density at radius 2 is 1.73 bits per heavy atom. The van der Waals surface area contributed by atoms with Crippen LogP contribution in [0.15, 0.2) is 0 Å². The molecule has 1 rings (SSSR count). The number of ether oxygens (including phenoxy) is 1. The van der Waals surface area contributed by atoms with Gasteiger partial charge in [0.2, 0.25) is 0 Å². The fraction of sp³-hybridized carbons (Fsp3) is 1.00. The fourth-order valence-electron chi connectivity index (χ4n) is 2.60. The lowest BCUT2D eigenvalue weighted by atomic mass is 10.1. The first-order valence-electron chi connectivity index (χ1n) is 9.33. The molecule has 0 aromatic heterocycles. The molecule has 0 spiro atoms. The van der Waals surface area contributed by atoms with Crippen molar-refractivity contribution < 1.29 is 4.74 Å². The molecule has 0 aromatic rings. The Labute approximate surface area is 141 Å². The van der Waals surface area contributed by atoms with Crippen LogP contribution in [0.1, 0.15) is 61.3 Å². The summed E-state index contributed by atoms with van der Waals surface area (Å²) in [6.45, 7) is 20.5. The second-order valence-corrected chi connectivity index (χ2v) is 7.05. The molecule has 0 bridgehead atoms. The summed E-state index contributed by atoms with van der Waals surface area (Å²) in [6, 6.07) is 0. The SMILES string of the molecule is CC.CC(C)CN(C)CC1CN(C)CCO1.CCCC(C)C. The maximum Gasteiger partial charge on any atom is 0.0829 e. The highest BCUT2D eigenvalue weighted by Gasteiger charge is 2.19. The van der Waals surface area contributed by atoms with Gasteiger partial charge in [0, 0.05) is 26.2 Å². The van der Waals surface area contributed by atoms with Crippen LogP contribution >= 0.6 is 0 Å². The van der Waals surface area contributed by atoms with Crippen LogP contribution in [-0.4, -0.2) is 62.8 Å². The van der Waals surface area contributed by atoms with Crippen molar-refractivity contribution in [1.29, 1.82) is 0 Å². The second kappa shape index (κ2) is 15.8. The minimum absolute atomic E-state index is 0.400. The lowest BCUT2D eigenvalue weighted by Crippen LogP contribution is -2.45. The quantitative estimate of drug-likeness (QED) is 0.723. The number of nitrogens with zero attached hydrogens (tertiary/aromatic N) is 2. The summed E-state index contributed by atoms with van der Waals surface area (Å²) in [5.41, 5.74) is 0. The van der Waals surface area contributed by atoms with E-state index in [0.29, 0.717) is 6.10 Å². The molecule has 3 nitrogen and oxygen atoms in total. The molecule has 136 valence electrons. The number of likely N-dealkylation sites (N-methyl/N-ethyl adjacent to an activating group) is 2. The summed E-state index contributed by atoms with van der Waals surface area (Å²) < 4.78 is 5.72. The van der Waals surface area contributed by atoms with Gasteiger partial charge < -0.3 is 14.5 Å². The first-order chi connectivity index (χ1) is 10.3. The predicted molar refractivity (Wildman–Crippen MR) is 101 cm³/mol. The van der Waals surface area contributed by atoms with Crippen molar-refractivity contribution in [1.82, 2.24) is 9.80 Å². The Bertz CT molecular complexity index is 219. The summed E-state index contributed by atoms with van der Waals surface area (Å²) in [7, 11) is 4.34. The fourth-order valence-corrected chi connectivity index (χ4v) is 2.60. The Balaban J connectivity index is 0. The average Bonchev–Trinajstić information content (AvgIpc) is 2.40. The number of hydrogen-bond acceptors (Lipinski definition) is 3. The van der Waals surface area contributed by atoms with Crippen LogP contribution in [0.4, 0.5) is 0 Å². The molecule has 0 saturated carbocycles. The maximum absolute atomic E-state index is 5.72. The summed E-state index contributed by atoms with van der Waals surface area (Å²) in [5, 5.41) is 0. The normalized spacial score (nSPS) is 18.8. The highest BCUT2D eigenvalue weighted by molar-refractivity contribution is 4.72. The molecule has 0 radical (unpaired) electrons. The van der Waals surface area contributed by atoms with E-state index in [0.717, 1.165) is 44.6 Å². The molecule has 3 heteroatoms. The standard InChI is InChI=1S/C11H24N2O.C6H14.C2H6/c1-10(2)7-13(4)9-11-8-12(3)5-6-14-11;1-4-5-6(2)3;1-2/h10-11H,5-9H2,1-4H3;6H,4-5H2,1-3H3;1-2H3. The Morgan fingerprint density at radius 1 is 1.14 bits per heavy atom. The van der Waals surface area contributed by atoms with Crippen LogP contribution in [0.3, 0.4) is 0 Å². The first kappa shape index (κ1) is 24.1. The molecule has 1 atom stereocenters. The van der Waals surface area contributed by atoms with E-state index in [2.05, 4.69) is 58.5 Å². The van der Waals surface area contributed by atoms with Crippen LogP contribution in [-0.2, 0) is 4.74 Å². The summed E-state index contributed by atoms with van der Waals surface area (Å²) >= 11 is 0. The molecule has 1 heterocycles. The molecule has 0 aliphatic carbocycles. The molecule has 1 aliphatic rings. The van der Waals surface area contributed by atoms with Crippen molar-refractivity contribution in [3.63, 3.8) is 0 Å². The maximum atomic E-state index is 5.72. The van der Waals surface area contributed by atoms with Crippen LogP contribution in [0, 0.1) is 11.8 Å². The van der Waals surface area contributed by atoms with E-state index in [9.17, 15) is 0 Å². The zero-order chi connectivity index (χ0) is 17.5. The van der Waals surface area contributed by atoms with E-state index in [1.165, 1.54) is 12.8 Å². The lowest BCUT2D eigenvalue weighted by molar-refractivity contribution is -0.0334. The van der Waals surface area contributed by atoms with Crippen LogP contribution < -0.4 is 0 Å². The summed E-state index contributed by atoms with van der Waals surface area (Å²) in [4.78, 5) is 4.71. The zero-order valence-corrected chi connectivity index (χ0v) is 17.0. The van der Waals surface area contributed by atoms with Gasteiger partial charge in [-0.25, -0.2) is 0 Å². The van der Waals surface area contributed by atoms with Gasteiger partial charge in [0.25, 0.3) is 0 Å². The van der Waals surface area contributed by atoms with Crippen LogP contribution in [0.2, 0.25) is 0 Å². The highest BCUT2D eigenvalue weighted by Crippen LogP contribution is 2.05. The van der Waals surface area contributed by atoms with E-state index in [-0.39, 0.29) is 0 Å². The smallest absolute Gasteiger partial charge is 0.0829 e. The molecule has 1 aliphatic heterocycles. The topological polar surface area (TPSA) is 15.7 Å². The van der Waals surface area contributed by atoms with Crippen molar-refractivity contribution in [2.24, 2.45) is 11.8 Å². The van der Waals surface area contributed by atoms with Gasteiger partial charge in [0.15, 0.2) is 0 Å². The van der Waals surface area contributed by atoms with E-state index < -0.39 is 0 Å². The molecule has 1 fully saturated rings. The van der Waals surface area contributed by atoms with E-state index in [4.69, 9.17) is 4.74 Å². The number of morpholine rings is 1. The summed E-state index contributed by atoms with van der Waals surface area (Å²) in [5.74, 6) is 1.64. The molecule has 0 N–H and O–H groups in total. The predicted octanol–water partition coefficient (Wildman–Crippen LogP) is 4.37. The highest BCUT2D eigenvalue weighted by atomic mass is 16.5. The molecule has 0 amide bonds. The largest absolute Gasteiger partial charge is 0.374 e. The third kappa shape index (κ3) is 16.3. The van der Waals surface area contributed by atoms with E-state index in [1.807, 2.05) is 13.8 Å². The molecular formula is C19H44N2O. The van der Waals surface area contributed by atoms with Gasteiger partial charge in [-0.05, 0) is 25.9 Å². The van der Waals surface area contributed by atoms with Crippen molar-refractivity contribution in [2.75, 3.05) is 46.9 Å². The monoisotopic (exact) mass is 316 g/mol. The van der Waals surface area contributed by atoms with Gasteiger partial charge in [-0.2, -0.15) is 0 Å². The number of rotatable bonds is 6. The Morgan fingerprint density at radius 3 is 2.09 bits per heavy atom. The third-order valence-corrected chi connectivity index (χ3v) is 3.40. The first-order valence-corrected chi connectivity index (χ1v) is 9.33. The van der Waals surface area contributed by atoms with E-state index in [1.54, 1.807) is 0 Å². The zero-order valence-electron chi connectivity index (χ0n) is 17.0. The molecule has 1 saturated heterocycles. The second-order valence-electron chi connectivity index (χ2n) is 7.05. The van der Waals surface area contributed by atoms with Gasteiger partial charge in [-0.1, -0.05) is 61.3 Å². The van der Waals surface area contributed by atoms with E-state index >= 15 is 0 Å². The van der Waals surface area contributed by atoms with Crippen molar-refractivity contribution in [3.8, 4) is 0 Å². The van der Waals surface area contributed by atoms with Crippen LogP contribution in [0.25, 0.3) is 0 Å². The minimum atomic E-state index is 0.400. The van der Waals surface area contributed by atoms with Gasteiger partial charge in [0.05, 0.1) is 12.7 Å². The van der Waals surface area contributed by atoms with Gasteiger partial charge in [0.1, 0.15) is 0 Å². The van der Waals surface area contributed by atoms with Crippen molar-refractivity contribution in [2.45, 2.75) is 67.4 Å². The number of hydrogen-bond donors (Lipinski definition) is 0. The lowest BCUT2D eigenvalue weighted by Gasteiger charge is -2.33. The van der Waals surface area contributed by atoms with Crippen molar-refractivity contribution in [3.05, 3.63) is 0 Å². The molecule has 1 unspecified atom stereocenters. The van der Waals surface area contributed by atoms with Gasteiger partial charge in [-0.15, -0.1) is 0 Å². The third-order valence-electron chi connectivity index (χ3n) is 3.40. The van der Waals surface area contributed by atoms with Crippen molar-refractivity contribution >= 4 is 0 Å².